The molecule has 2 aromatic rings. The molecule has 0 bridgehead atoms. The van der Waals surface area contributed by atoms with Gasteiger partial charge in [-0.15, -0.1) is 11.3 Å². The first-order chi connectivity index (χ1) is 11.1. The number of hydrogen-bond donors (Lipinski definition) is 1. The van der Waals surface area contributed by atoms with E-state index in [1.54, 1.807) is 10.3 Å². The molecule has 23 heavy (non-hydrogen) atoms. The summed E-state index contributed by atoms with van der Waals surface area (Å²) in [5.74, 6) is -0.465. The average Bonchev–Trinajstić information content (AvgIpc) is 3.05. The van der Waals surface area contributed by atoms with Crippen LogP contribution in [0.2, 0.25) is 0 Å². The van der Waals surface area contributed by atoms with Gasteiger partial charge in [0.15, 0.2) is 0 Å². The van der Waals surface area contributed by atoms with Crippen molar-refractivity contribution in [1.82, 2.24) is 9.88 Å². The van der Waals surface area contributed by atoms with E-state index in [9.17, 15) is 9.59 Å². The summed E-state index contributed by atoms with van der Waals surface area (Å²) in [4.78, 5) is 30.2. The molecule has 0 saturated carbocycles. The van der Waals surface area contributed by atoms with Crippen molar-refractivity contribution >= 4 is 23.2 Å². The molecule has 1 saturated heterocycles. The fourth-order valence-corrected chi connectivity index (χ4v) is 3.74. The Bertz CT molecular complexity index is 699. The molecule has 0 unspecified atom stereocenters. The molecular formula is C17H19N3O2S. The summed E-state index contributed by atoms with van der Waals surface area (Å²) in [6.45, 7) is 0.662. The lowest BCUT2D eigenvalue weighted by molar-refractivity contribution is -0.119. The fourth-order valence-electron chi connectivity index (χ4n) is 2.94. The van der Waals surface area contributed by atoms with Crippen LogP contribution in [0.25, 0.3) is 10.6 Å². The third-order valence-electron chi connectivity index (χ3n) is 4.07. The van der Waals surface area contributed by atoms with E-state index < -0.39 is 0 Å². The summed E-state index contributed by atoms with van der Waals surface area (Å²) in [5, 5.41) is 2.62. The normalized spacial score (nSPS) is 17.9. The van der Waals surface area contributed by atoms with Gasteiger partial charge in [0, 0.05) is 30.0 Å². The summed E-state index contributed by atoms with van der Waals surface area (Å²) in [7, 11) is 0. The maximum Gasteiger partial charge on any atom is 0.273 e. The molecule has 1 aromatic heterocycles. The fraction of sp³-hybridized carbons (Fsp3) is 0.353. The van der Waals surface area contributed by atoms with Crippen LogP contribution >= 0.6 is 11.3 Å². The van der Waals surface area contributed by atoms with Crippen molar-refractivity contribution in [3.63, 3.8) is 0 Å². The molecule has 0 spiro atoms. The van der Waals surface area contributed by atoms with Gasteiger partial charge in [-0.1, -0.05) is 30.3 Å². The van der Waals surface area contributed by atoms with Gasteiger partial charge >= 0.3 is 0 Å². The van der Waals surface area contributed by atoms with E-state index in [2.05, 4.69) is 4.98 Å². The van der Waals surface area contributed by atoms with Gasteiger partial charge in [0.2, 0.25) is 5.91 Å². The Balaban J connectivity index is 1.79. The number of thiazole rings is 1. The van der Waals surface area contributed by atoms with Crippen molar-refractivity contribution in [1.29, 1.82) is 0 Å². The highest BCUT2D eigenvalue weighted by Gasteiger charge is 2.29. The quantitative estimate of drug-likeness (QED) is 0.937. The van der Waals surface area contributed by atoms with Crippen molar-refractivity contribution in [2.45, 2.75) is 31.7 Å². The van der Waals surface area contributed by atoms with Gasteiger partial charge in [0.25, 0.3) is 5.91 Å². The Morgan fingerprint density at radius 2 is 2.04 bits per heavy atom. The third-order valence-corrected chi connectivity index (χ3v) is 4.96. The van der Waals surface area contributed by atoms with Crippen LogP contribution in [0.3, 0.4) is 0 Å². The number of carbonyl (C=O) groups is 2. The van der Waals surface area contributed by atoms with Crippen LogP contribution in [-0.4, -0.2) is 34.3 Å². The number of piperidine rings is 1. The van der Waals surface area contributed by atoms with E-state index in [0.29, 0.717) is 12.2 Å². The van der Waals surface area contributed by atoms with Crippen LogP contribution in [0.1, 0.15) is 36.2 Å². The van der Waals surface area contributed by atoms with Crippen LogP contribution in [0.5, 0.6) is 0 Å². The van der Waals surface area contributed by atoms with E-state index >= 15 is 0 Å². The molecule has 1 aliphatic heterocycles. The highest BCUT2D eigenvalue weighted by atomic mass is 32.1. The number of likely N-dealkylation sites (tertiary alicyclic amines) is 1. The maximum atomic E-state index is 12.8. The largest absolute Gasteiger partial charge is 0.370 e. The first kappa shape index (κ1) is 15.7. The molecule has 2 amide bonds. The number of aromatic nitrogens is 1. The number of benzene rings is 1. The molecule has 2 N–H and O–H groups in total. The second kappa shape index (κ2) is 6.91. The summed E-state index contributed by atoms with van der Waals surface area (Å²) in [6, 6.07) is 9.70. The van der Waals surface area contributed by atoms with Crippen molar-refractivity contribution in [2.24, 2.45) is 5.73 Å². The van der Waals surface area contributed by atoms with Gasteiger partial charge in [-0.25, -0.2) is 4.98 Å². The monoisotopic (exact) mass is 329 g/mol. The van der Waals surface area contributed by atoms with Crippen LogP contribution < -0.4 is 5.73 Å². The predicted octanol–water partition coefficient (Wildman–Crippen LogP) is 2.68. The van der Waals surface area contributed by atoms with Crippen molar-refractivity contribution in [2.75, 3.05) is 6.54 Å². The van der Waals surface area contributed by atoms with Crippen LogP contribution in [0, 0.1) is 0 Å². The number of carbonyl (C=O) groups excluding carboxylic acids is 2. The summed E-state index contributed by atoms with van der Waals surface area (Å²) in [6.07, 6.45) is 3.02. The van der Waals surface area contributed by atoms with Crippen molar-refractivity contribution < 1.29 is 9.59 Å². The Hall–Kier alpha value is -2.21. The minimum absolute atomic E-state index is 0.101. The van der Waals surface area contributed by atoms with Crippen LogP contribution in [-0.2, 0) is 4.79 Å². The Morgan fingerprint density at radius 3 is 2.78 bits per heavy atom. The van der Waals surface area contributed by atoms with E-state index in [0.717, 1.165) is 29.8 Å². The lowest BCUT2D eigenvalue weighted by atomic mass is 9.98. The Kier molecular flexibility index (Phi) is 4.71. The molecule has 3 rings (SSSR count). The highest BCUT2D eigenvalue weighted by molar-refractivity contribution is 7.13. The van der Waals surface area contributed by atoms with E-state index in [1.807, 2.05) is 30.3 Å². The second-order valence-corrected chi connectivity index (χ2v) is 6.58. The number of amides is 2. The average molecular weight is 329 g/mol. The second-order valence-electron chi connectivity index (χ2n) is 5.72. The minimum Gasteiger partial charge on any atom is -0.370 e. The Labute approximate surface area is 139 Å². The SMILES string of the molecule is NC(=O)C[C@H]1CCCCN1C(=O)c1csc(-c2ccccc2)n1. The van der Waals surface area contributed by atoms with Gasteiger partial charge in [-0.3, -0.25) is 9.59 Å². The smallest absolute Gasteiger partial charge is 0.273 e. The van der Waals surface area contributed by atoms with Crippen molar-refractivity contribution in [3.8, 4) is 10.6 Å². The molecule has 120 valence electrons. The van der Waals surface area contributed by atoms with E-state index in [-0.39, 0.29) is 24.3 Å². The van der Waals surface area contributed by atoms with Gasteiger partial charge < -0.3 is 10.6 Å². The molecule has 1 aliphatic rings. The van der Waals surface area contributed by atoms with Gasteiger partial charge in [-0.05, 0) is 19.3 Å². The lowest BCUT2D eigenvalue weighted by Gasteiger charge is -2.34. The van der Waals surface area contributed by atoms with Crippen LogP contribution in [0.4, 0.5) is 0 Å². The number of hydrogen-bond acceptors (Lipinski definition) is 4. The molecular weight excluding hydrogens is 310 g/mol. The summed E-state index contributed by atoms with van der Waals surface area (Å²) in [5.41, 5.74) is 6.77. The molecule has 1 aromatic carbocycles. The molecule has 0 aliphatic carbocycles. The number of primary amides is 1. The zero-order chi connectivity index (χ0) is 16.2. The van der Waals surface area contributed by atoms with Crippen LogP contribution in [0.15, 0.2) is 35.7 Å². The molecule has 6 heteroatoms. The van der Waals surface area contributed by atoms with Crippen molar-refractivity contribution in [3.05, 3.63) is 41.4 Å². The lowest BCUT2D eigenvalue weighted by Crippen LogP contribution is -2.45. The van der Waals surface area contributed by atoms with Gasteiger partial charge in [0.1, 0.15) is 10.7 Å². The molecule has 5 nitrogen and oxygen atoms in total. The van der Waals surface area contributed by atoms with E-state index in [4.69, 9.17) is 5.73 Å². The zero-order valence-electron chi connectivity index (χ0n) is 12.8. The highest BCUT2D eigenvalue weighted by Crippen LogP contribution is 2.26. The zero-order valence-corrected chi connectivity index (χ0v) is 13.6. The third kappa shape index (κ3) is 3.59. The van der Waals surface area contributed by atoms with Gasteiger partial charge in [0.05, 0.1) is 0 Å². The topological polar surface area (TPSA) is 76.3 Å². The first-order valence-corrected chi connectivity index (χ1v) is 8.63. The number of nitrogens with zero attached hydrogens (tertiary/aromatic N) is 2. The van der Waals surface area contributed by atoms with Gasteiger partial charge in [-0.2, -0.15) is 0 Å². The minimum atomic E-state index is -0.363. The first-order valence-electron chi connectivity index (χ1n) is 7.75. The molecule has 1 atom stereocenters. The molecule has 0 radical (unpaired) electrons. The Morgan fingerprint density at radius 1 is 1.26 bits per heavy atom. The standard InChI is InChI=1S/C17H19N3O2S/c18-15(21)10-13-8-4-5-9-20(13)17(22)14-11-23-16(19-14)12-6-2-1-3-7-12/h1-3,6-7,11,13H,4-5,8-10H2,(H2,18,21)/t13-/m1/s1. The molecule has 1 fully saturated rings. The number of nitrogens with two attached hydrogens (primary N) is 1. The summed E-state index contributed by atoms with van der Waals surface area (Å²) < 4.78 is 0. The summed E-state index contributed by atoms with van der Waals surface area (Å²) >= 11 is 1.46. The number of rotatable bonds is 4. The van der Waals surface area contributed by atoms with E-state index in [1.165, 1.54) is 11.3 Å². The maximum absolute atomic E-state index is 12.8. The predicted molar refractivity (Wildman–Crippen MR) is 90.0 cm³/mol. The molecule has 2 heterocycles.